The summed E-state index contributed by atoms with van der Waals surface area (Å²) in [7, 11) is 0. The first-order chi connectivity index (χ1) is 12.2. The smallest absolute Gasteiger partial charge is 0.131 e. The summed E-state index contributed by atoms with van der Waals surface area (Å²) in [5, 5.41) is 0. The zero-order valence-corrected chi connectivity index (χ0v) is 16.1. The van der Waals surface area contributed by atoms with Crippen molar-refractivity contribution in [2.75, 3.05) is 18.8 Å². The van der Waals surface area contributed by atoms with Gasteiger partial charge in [0, 0.05) is 24.5 Å². The molecule has 0 radical (unpaired) electrons. The maximum absolute atomic E-state index is 6.30. The maximum atomic E-state index is 6.30. The molecular formula is C20H24N2OS2. The van der Waals surface area contributed by atoms with E-state index < -0.39 is 0 Å². The predicted molar refractivity (Wildman–Crippen MR) is 109 cm³/mol. The molecule has 0 aromatic heterocycles. The topological polar surface area (TPSA) is 38.5 Å². The van der Waals surface area contributed by atoms with Gasteiger partial charge in [-0.2, -0.15) is 0 Å². The minimum absolute atomic E-state index is 0.179. The first-order valence-corrected chi connectivity index (χ1v) is 10.0. The second-order valence-electron chi connectivity index (χ2n) is 6.18. The molecule has 1 saturated heterocycles. The highest BCUT2D eigenvalue weighted by molar-refractivity contribution is 7.99. The van der Waals surface area contributed by atoms with Gasteiger partial charge in [0.2, 0.25) is 0 Å². The number of rotatable bonds is 7. The highest BCUT2D eigenvalue weighted by Gasteiger charge is 2.25. The third-order valence-corrected chi connectivity index (χ3v) is 5.45. The SMILES string of the molecule is CCSc1cccc(OC2CCN(Cc3ccccc3)C2)c1C(N)=S. The number of thiocarbonyl (C=S) groups is 1. The van der Waals surface area contributed by atoms with E-state index in [0.717, 1.165) is 48.0 Å². The summed E-state index contributed by atoms with van der Waals surface area (Å²) < 4.78 is 6.30. The molecule has 132 valence electrons. The summed E-state index contributed by atoms with van der Waals surface area (Å²) in [6.07, 6.45) is 1.20. The van der Waals surface area contributed by atoms with E-state index in [0.29, 0.717) is 4.99 Å². The van der Waals surface area contributed by atoms with E-state index in [-0.39, 0.29) is 6.10 Å². The van der Waals surface area contributed by atoms with Crippen molar-refractivity contribution in [3.8, 4) is 5.75 Å². The van der Waals surface area contributed by atoms with Crippen LogP contribution in [0.2, 0.25) is 0 Å². The molecule has 25 heavy (non-hydrogen) atoms. The van der Waals surface area contributed by atoms with E-state index in [1.807, 2.05) is 12.1 Å². The summed E-state index contributed by atoms with van der Waals surface area (Å²) in [5.74, 6) is 1.80. The Hall–Kier alpha value is -1.56. The minimum Gasteiger partial charge on any atom is -0.488 e. The summed E-state index contributed by atoms with van der Waals surface area (Å²) in [6.45, 7) is 5.07. The highest BCUT2D eigenvalue weighted by Crippen LogP contribution is 2.31. The second kappa shape index (κ2) is 8.70. The monoisotopic (exact) mass is 372 g/mol. The van der Waals surface area contributed by atoms with Gasteiger partial charge in [0.1, 0.15) is 16.8 Å². The zero-order valence-electron chi connectivity index (χ0n) is 14.5. The largest absolute Gasteiger partial charge is 0.488 e. The Bertz CT molecular complexity index is 721. The molecule has 0 saturated carbocycles. The molecule has 1 aliphatic heterocycles. The lowest BCUT2D eigenvalue weighted by molar-refractivity contribution is 0.197. The van der Waals surface area contributed by atoms with Crippen LogP contribution in [-0.4, -0.2) is 34.8 Å². The molecule has 0 aliphatic carbocycles. The maximum Gasteiger partial charge on any atom is 0.131 e. The molecule has 3 nitrogen and oxygen atoms in total. The summed E-state index contributed by atoms with van der Waals surface area (Å²) in [5.41, 5.74) is 8.20. The van der Waals surface area contributed by atoms with Gasteiger partial charge in [0.05, 0.1) is 5.56 Å². The lowest BCUT2D eigenvalue weighted by Crippen LogP contribution is -2.25. The molecule has 3 rings (SSSR count). The number of thioether (sulfide) groups is 1. The van der Waals surface area contributed by atoms with Crippen molar-refractivity contribution in [1.82, 2.24) is 4.90 Å². The first kappa shape index (κ1) is 18.2. The van der Waals surface area contributed by atoms with Gasteiger partial charge in [-0.1, -0.05) is 55.5 Å². The fraction of sp³-hybridized carbons (Fsp3) is 0.350. The van der Waals surface area contributed by atoms with Crippen LogP contribution in [0.5, 0.6) is 5.75 Å². The van der Waals surface area contributed by atoms with Crippen molar-refractivity contribution in [3.05, 3.63) is 59.7 Å². The van der Waals surface area contributed by atoms with E-state index in [1.165, 1.54) is 5.56 Å². The van der Waals surface area contributed by atoms with Crippen molar-refractivity contribution in [2.45, 2.75) is 30.9 Å². The molecule has 2 aromatic carbocycles. The van der Waals surface area contributed by atoms with Crippen LogP contribution in [0.3, 0.4) is 0 Å². The Labute approximate surface area is 159 Å². The molecule has 2 aromatic rings. The summed E-state index contributed by atoms with van der Waals surface area (Å²) in [4.78, 5) is 3.95. The Morgan fingerprint density at radius 1 is 1.24 bits per heavy atom. The lowest BCUT2D eigenvalue weighted by atomic mass is 10.2. The molecule has 5 heteroatoms. The molecule has 1 fully saturated rings. The zero-order chi connectivity index (χ0) is 17.6. The standard InChI is InChI=1S/C20H24N2OS2/c1-2-25-18-10-6-9-17(19(18)20(21)24)23-16-11-12-22(14-16)13-15-7-4-3-5-8-15/h3-10,16H,2,11-14H2,1H3,(H2,21,24). The number of nitrogens with zero attached hydrogens (tertiary/aromatic N) is 1. The average Bonchev–Trinajstić information content (AvgIpc) is 3.03. The van der Waals surface area contributed by atoms with Crippen LogP contribution in [0.15, 0.2) is 53.4 Å². The minimum atomic E-state index is 0.179. The van der Waals surface area contributed by atoms with Crippen molar-refractivity contribution in [2.24, 2.45) is 5.73 Å². The van der Waals surface area contributed by atoms with Crippen LogP contribution >= 0.6 is 24.0 Å². The van der Waals surface area contributed by atoms with Crippen LogP contribution in [0, 0.1) is 0 Å². The van der Waals surface area contributed by atoms with Crippen LogP contribution in [0.25, 0.3) is 0 Å². The molecule has 0 spiro atoms. The van der Waals surface area contributed by atoms with Gasteiger partial charge in [-0.25, -0.2) is 0 Å². The molecule has 1 unspecified atom stereocenters. The van der Waals surface area contributed by atoms with Crippen LogP contribution in [0.1, 0.15) is 24.5 Å². The Balaban J connectivity index is 1.67. The molecule has 1 atom stereocenters. The number of ether oxygens (including phenoxy) is 1. The van der Waals surface area contributed by atoms with Gasteiger partial charge in [-0.3, -0.25) is 4.90 Å². The molecule has 1 aliphatic rings. The number of hydrogen-bond donors (Lipinski definition) is 1. The van der Waals surface area contributed by atoms with Crippen LogP contribution in [0.4, 0.5) is 0 Å². The molecule has 0 bridgehead atoms. The summed E-state index contributed by atoms with van der Waals surface area (Å²) in [6, 6.07) is 16.6. The molecule has 1 heterocycles. The number of benzene rings is 2. The van der Waals surface area contributed by atoms with Crippen molar-refractivity contribution < 1.29 is 4.74 Å². The van der Waals surface area contributed by atoms with Gasteiger partial charge in [-0.15, -0.1) is 11.8 Å². The number of likely N-dealkylation sites (tertiary alicyclic amines) is 1. The number of nitrogens with two attached hydrogens (primary N) is 1. The van der Waals surface area contributed by atoms with E-state index in [2.05, 4.69) is 48.2 Å². The normalized spacial score (nSPS) is 17.6. The quantitative estimate of drug-likeness (QED) is 0.585. The lowest BCUT2D eigenvalue weighted by Gasteiger charge is -2.19. The van der Waals surface area contributed by atoms with E-state index in [1.54, 1.807) is 11.8 Å². The molecular weight excluding hydrogens is 348 g/mol. The van der Waals surface area contributed by atoms with E-state index >= 15 is 0 Å². The van der Waals surface area contributed by atoms with Crippen molar-refractivity contribution in [3.63, 3.8) is 0 Å². The second-order valence-corrected chi connectivity index (χ2v) is 7.92. The average molecular weight is 373 g/mol. The van der Waals surface area contributed by atoms with Gasteiger partial charge in [-0.05, 0) is 29.9 Å². The third kappa shape index (κ3) is 4.75. The first-order valence-electron chi connectivity index (χ1n) is 8.66. The van der Waals surface area contributed by atoms with E-state index in [9.17, 15) is 0 Å². The number of hydrogen-bond acceptors (Lipinski definition) is 4. The Morgan fingerprint density at radius 3 is 2.76 bits per heavy atom. The van der Waals surface area contributed by atoms with Gasteiger partial charge in [0.25, 0.3) is 0 Å². The molecule has 2 N–H and O–H groups in total. The third-order valence-electron chi connectivity index (χ3n) is 4.31. The van der Waals surface area contributed by atoms with Gasteiger partial charge in [0.15, 0.2) is 0 Å². The van der Waals surface area contributed by atoms with Gasteiger partial charge < -0.3 is 10.5 Å². The van der Waals surface area contributed by atoms with Crippen molar-refractivity contribution >= 4 is 29.0 Å². The van der Waals surface area contributed by atoms with Crippen LogP contribution < -0.4 is 10.5 Å². The van der Waals surface area contributed by atoms with Crippen molar-refractivity contribution in [1.29, 1.82) is 0 Å². The van der Waals surface area contributed by atoms with E-state index in [4.69, 9.17) is 22.7 Å². The van der Waals surface area contributed by atoms with Crippen LogP contribution in [-0.2, 0) is 6.54 Å². The molecule has 0 amide bonds. The fourth-order valence-electron chi connectivity index (χ4n) is 3.19. The highest BCUT2D eigenvalue weighted by atomic mass is 32.2. The Morgan fingerprint density at radius 2 is 2.04 bits per heavy atom. The van der Waals surface area contributed by atoms with Gasteiger partial charge >= 0.3 is 0 Å². The summed E-state index contributed by atoms with van der Waals surface area (Å²) >= 11 is 7.02. The predicted octanol–water partition coefficient (Wildman–Crippen LogP) is 4.09. The Kier molecular flexibility index (Phi) is 6.34. The fourth-order valence-corrected chi connectivity index (χ4v) is 4.30.